The zero-order valence-electron chi connectivity index (χ0n) is 17.4. The van der Waals surface area contributed by atoms with Gasteiger partial charge in [-0.1, -0.05) is 42.5 Å². The molecule has 2 N–H and O–H groups in total. The summed E-state index contributed by atoms with van der Waals surface area (Å²) in [6, 6.07) is 25.1. The number of hydrogen-bond acceptors (Lipinski definition) is 5. The topological polar surface area (TPSA) is 91.2 Å². The monoisotopic (exact) mass is 443 g/mol. The van der Waals surface area contributed by atoms with Gasteiger partial charge in [0.15, 0.2) is 0 Å². The molecule has 0 atom stereocenters. The molecule has 2 amide bonds. The van der Waals surface area contributed by atoms with Gasteiger partial charge in [0.05, 0.1) is 18.9 Å². The second-order valence-electron chi connectivity index (χ2n) is 6.55. The average Bonchev–Trinajstić information content (AvgIpc) is 2.83. The molecule has 0 bridgehead atoms. The van der Waals surface area contributed by atoms with Crippen LogP contribution < -0.4 is 15.4 Å². The normalized spacial score (nSPS) is 10.7. The third-order valence-electron chi connectivity index (χ3n) is 4.36. The summed E-state index contributed by atoms with van der Waals surface area (Å²) in [7, 11) is 1.54. The molecule has 0 spiro atoms. The van der Waals surface area contributed by atoms with Gasteiger partial charge in [0.25, 0.3) is 11.8 Å². The van der Waals surface area contributed by atoms with Crippen molar-refractivity contribution in [3.8, 4) is 11.8 Å². The van der Waals surface area contributed by atoms with E-state index >= 15 is 0 Å². The van der Waals surface area contributed by atoms with Gasteiger partial charge in [0, 0.05) is 21.7 Å². The Morgan fingerprint density at radius 1 is 1.03 bits per heavy atom. The molecule has 0 unspecified atom stereocenters. The highest BCUT2D eigenvalue weighted by atomic mass is 32.2. The Bertz CT molecular complexity index is 1170. The minimum Gasteiger partial charge on any atom is -0.496 e. The van der Waals surface area contributed by atoms with Crippen LogP contribution in [0.4, 0.5) is 5.69 Å². The number of hydrogen-bond donors (Lipinski definition) is 2. The van der Waals surface area contributed by atoms with Crippen molar-refractivity contribution in [1.82, 2.24) is 5.32 Å². The highest BCUT2D eigenvalue weighted by molar-refractivity contribution is 7.99. The molecule has 0 fully saturated rings. The van der Waals surface area contributed by atoms with Crippen molar-refractivity contribution in [1.29, 1.82) is 5.26 Å². The summed E-state index contributed by atoms with van der Waals surface area (Å²) in [5, 5.41) is 14.3. The molecule has 7 heteroatoms. The largest absolute Gasteiger partial charge is 0.496 e. The van der Waals surface area contributed by atoms with E-state index in [-0.39, 0.29) is 5.70 Å². The Balaban J connectivity index is 1.89. The second-order valence-corrected chi connectivity index (χ2v) is 7.60. The van der Waals surface area contributed by atoms with E-state index in [1.54, 1.807) is 67.8 Å². The quantitative estimate of drug-likeness (QED) is 0.388. The van der Waals surface area contributed by atoms with E-state index in [4.69, 9.17) is 10.00 Å². The molecule has 0 aromatic heterocycles. The van der Waals surface area contributed by atoms with Gasteiger partial charge in [-0.05, 0) is 42.5 Å². The molecule has 32 heavy (non-hydrogen) atoms. The predicted molar refractivity (Wildman–Crippen MR) is 126 cm³/mol. The fraction of sp³-hybridized carbons (Fsp3) is 0.0800. The lowest BCUT2D eigenvalue weighted by Gasteiger charge is -2.13. The maximum absolute atomic E-state index is 13.1. The summed E-state index contributed by atoms with van der Waals surface area (Å²) in [5.74, 6) is -0.00626. The number of para-hydroxylation sites is 1. The number of anilines is 1. The van der Waals surface area contributed by atoms with E-state index in [9.17, 15) is 9.59 Å². The molecule has 0 heterocycles. The molecule has 3 aromatic rings. The first-order valence-electron chi connectivity index (χ1n) is 9.73. The van der Waals surface area contributed by atoms with Crippen LogP contribution in [0.5, 0.6) is 5.75 Å². The third-order valence-corrected chi connectivity index (χ3v) is 5.22. The van der Waals surface area contributed by atoms with E-state index in [1.807, 2.05) is 24.3 Å². The van der Waals surface area contributed by atoms with Gasteiger partial charge < -0.3 is 15.4 Å². The number of methoxy groups -OCH3 is 1. The lowest BCUT2D eigenvalue weighted by Crippen LogP contribution is -2.30. The molecule has 0 saturated carbocycles. The molecular weight excluding hydrogens is 422 g/mol. The van der Waals surface area contributed by atoms with Crippen LogP contribution in [0.2, 0.25) is 0 Å². The van der Waals surface area contributed by atoms with Crippen LogP contribution in [0, 0.1) is 11.3 Å². The lowest BCUT2D eigenvalue weighted by molar-refractivity contribution is -0.113. The molecule has 0 saturated heterocycles. The van der Waals surface area contributed by atoms with Crippen molar-refractivity contribution in [3.63, 3.8) is 0 Å². The zero-order valence-corrected chi connectivity index (χ0v) is 18.2. The number of thioether (sulfide) groups is 1. The number of amides is 2. The van der Waals surface area contributed by atoms with Crippen molar-refractivity contribution in [2.45, 2.75) is 4.90 Å². The van der Waals surface area contributed by atoms with Crippen molar-refractivity contribution >= 4 is 35.3 Å². The van der Waals surface area contributed by atoms with Crippen molar-refractivity contribution in [3.05, 3.63) is 95.7 Å². The van der Waals surface area contributed by atoms with E-state index in [2.05, 4.69) is 16.7 Å². The Morgan fingerprint density at radius 2 is 1.78 bits per heavy atom. The first kappa shape index (κ1) is 22.7. The SMILES string of the molecule is COc1ccccc1/C=C(/NC(=O)c1ccccc1)C(=O)Nc1cccc(SCC#N)c1. The summed E-state index contributed by atoms with van der Waals surface area (Å²) < 4.78 is 5.37. The maximum Gasteiger partial charge on any atom is 0.272 e. The molecule has 6 nitrogen and oxygen atoms in total. The van der Waals surface area contributed by atoms with Gasteiger partial charge >= 0.3 is 0 Å². The zero-order chi connectivity index (χ0) is 22.8. The van der Waals surface area contributed by atoms with Gasteiger partial charge in [-0.25, -0.2) is 0 Å². The minimum absolute atomic E-state index is 0.0680. The summed E-state index contributed by atoms with van der Waals surface area (Å²) in [6.07, 6.45) is 1.57. The highest BCUT2D eigenvalue weighted by Gasteiger charge is 2.16. The van der Waals surface area contributed by atoms with Crippen molar-refractivity contribution in [2.75, 3.05) is 18.2 Å². The third kappa shape index (κ3) is 6.24. The molecule has 3 rings (SSSR count). The lowest BCUT2D eigenvalue weighted by atomic mass is 10.1. The molecule has 0 aliphatic heterocycles. The molecular formula is C25H21N3O3S. The number of carbonyl (C=O) groups is 2. The predicted octanol–water partition coefficient (Wildman–Crippen LogP) is 4.72. The minimum atomic E-state index is -0.484. The summed E-state index contributed by atoms with van der Waals surface area (Å²) >= 11 is 1.37. The summed E-state index contributed by atoms with van der Waals surface area (Å²) in [4.78, 5) is 26.7. The Labute approximate surface area is 190 Å². The molecule has 0 aliphatic rings. The van der Waals surface area contributed by atoms with Crippen LogP contribution in [0.25, 0.3) is 6.08 Å². The first-order chi connectivity index (χ1) is 15.6. The molecule has 3 aromatic carbocycles. The van der Waals surface area contributed by atoms with Gasteiger partial charge in [0.2, 0.25) is 0 Å². The van der Waals surface area contributed by atoms with Crippen LogP contribution in [0.1, 0.15) is 15.9 Å². The van der Waals surface area contributed by atoms with Gasteiger partial charge in [-0.15, -0.1) is 11.8 Å². The van der Waals surface area contributed by atoms with Crippen LogP contribution in [-0.2, 0) is 4.79 Å². The number of nitrogens with one attached hydrogen (secondary N) is 2. The van der Waals surface area contributed by atoms with Crippen molar-refractivity contribution < 1.29 is 14.3 Å². The fourth-order valence-electron chi connectivity index (χ4n) is 2.86. The van der Waals surface area contributed by atoms with E-state index in [0.29, 0.717) is 28.3 Å². The summed E-state index contributed by atoms with van der Waals surface area (Å²) in [5.41, 5.74) is 1.70. The smallest absolute Gasteiger partial charge is 0.272 e. The van der Waals surface area contributed by atoms with Gasteiger partial charge in [0.1, 0.15) is 11.4 Å². The highest BCUT2D eigenvalue weighted by Crippen LogP contribution is 2.23. The number of nitriles is 1. The Morgan fingerprint density at radius 3 is 2.53 bits per heavy atom. The van der Waals surface area contributed by atoms with Crippen LogP contribution in [0.3, 0.4) is 0 Å². The van der Waals surface area contributed by atoms with Gasteiger partial charge in [-0.3, -0.25) is 9.59 Å². The van der Waals surface area contributed by atoms with Crippen LogP contribution in [-0.4, -0.2) is 24.7 Å². The number of benzene rings is 3. The number of ether oxygens (including phenoxy) is 1. The first-order valence-corrected chi connectivity index (χ1v) is 10.7. The second kappa shape index (κ2) is 11.4. The van der Waals surface area contributed by atoms with Crippen molar-refractivity contribution in [2.24, 2.45) is 0 Å². The number of nitrogens with zero attached hydrogens (tertiary/aromatic N) is 1. The van der Waals surface area contributed by atoms with E-state index in [0.717, 1.165) is 4.90 Å². The van der Waals surface area contributed by atoms with Crippen LogP contribution >= 0.6 is 11.8 Å². The standard InChI is InChI=1S/C25H21N3O3S/c1-31-23-13-6-5-10-19(23)16-22(28-24(29)18-8-3-2-4-9-18)25(30)27-20-11-7-12-21(17-20)32-15-14-26/h2-13,16-17H,15H2,1H3,(H,27,30)(H,28,29)/b22-16+. The number of carbonyl (C=O) groups excluding carboxylic acids is 2. The molecule has 0 radical (unpaired) electrons. The molecule has 160 valence electrons. The Hall–Kier alpha value is -4.02. The Kier molecular flexibility index (Phi) is 8.07. The average molecular weight is 444 g/mol. The van der Waals surface area contributed by atoms with Crippen LogP contribution in [0.15, 0.2) is 89.5 Å². The van der Waals surface area contributed by atoms with E-state index in [1.165, 1.54) is 11.8 Å². The summed E-state index contributed by atoms with van der Waals surface area (Å²) in [6.45, 7) is 0. The van der Waals surface area contributed by atoms with Gasteiger partial charge in [-0.2, -0.15) is 5.26 Å². The van der Waals surface area contributed by atoms with E-state index < -0.39 is 11.8 Å². The number of rotatable bonds is 8. The maximum atomic E-state index is 13.1. The fourth-order valence-corrected chi connectivity index (χ4v) is 3.48. The molecule has 0 aliphatic carbocycles.